The maximum absolute atomic E-state index is 14.0. The molecule has 1 aromatic heterocycles. The van der Waals surface area contributed by atoms with Gasteiger partial charge >= 0.3 is 0 Å². The van der Waals surface area contributed by atoms with Crippen LogP contribution >= 0.6 is 32.3 Å². The van der Waals surface area contributed by atoms with E-state index in [1.54, 1.807) is 25.6 Å². The second kappa shape index (κ2) is 9.74. The van der Waals surface area contributed by atoms with E-state index in [2.05, 4.69) is 0 Å². The second-order valence-corrected chi connectivity index (χ2v) is 11.4. The zero-order chi connectivity index (χ0) is 26.3. The summed E-state index contributed by atoms with van der Waals surface area (Å²) < 4.78 is 6.64. The lowest BCUT2D eigenvalue weighted by Crippen LogP contribution is -2.48. The number of halogens is 1. The molecule has 1 amide bonds. The molecule has 188 valence electrons. The molecule has 1 aliphatic rings. The average molecular weight is 552 g/mol. The normalized spacial score (nSPS) is 14.2. The van der Waals surface area contributed by atoms with Crippen molar-refractivity contribution >= 4 is 55.3 Å². The first-order chi connectivity index (χ1) is 17.7. The number of hydrogen-bond donors (Lipinski definition) is 0. The highest BCUT2D eigenvalue weighted by Crippen LogP contribution is 2.51. The fourth-order valence-corrected chi connectivity index (χ4v) is 7.60. The predicted octanol–water partition coefficient (Wildman–Crippen LogP) is 7.56. The van der Waals surface area contributed by atoms with Crippen molar-refractivity contribution in [2.24, 2.45) is 4.99 Å². The fraction of sp³-hybridized carbons (Fsp3) is 0.185. The van der Waals surface area contributed by atoms with Crippen LogP contribution in [0.4, 0.5) is 17.1 Å². The van der Waals surface area contributed by atoms with Gasteiger partial charge in [0.05, 0.1) is 33.3 Å². The smallest absolute Gasteiger partial charge is 0.288 e. The van der Waals surface area contributed by atoms with E-state index in [0.29, 0.717) is 18.0 Å². The van der Waals surface area contributed by atoms with Crippen molar-refractivity contribution in [1.29, 1.82) is 0 Å². The molecule has 0 aliphatic carbocycles. The van der Waals surface area contributed by atoms with Crippen molar-refractivity contribution in [2.75, 3.05) is 11.5 Å². The maximum atomic E-state index is 14.0. The molecule has 10 heteroatoms. The van der Waals surface area contributed by atoms with E-state index in [1.807, 2.05) is 69.3 Å². The van der Waals surface area contributed by atoms with Crippen LogP contribution in [0, 0.1) is 10.1 Å². The Morgan fingerprint density at radius 3 is 2.57 bits per heavy atom. The SMILES string of the molecule is CCOc1ccc2c(c1)-c1c(ssc1=Nc1ccccc1)C(C)(C)N2C(=O)c1ccc(Cl)c([N+](=O)[O-])c1. The molecule has 0 saturated heterocycles. The third-order valence-electron chi connectivity index (χ3n) is 6.13. The molecule has 0 atom stereocenters. The highest BCUT2D eigenvalue weighted by Gasteiger charge is 2.44. The van der Waals surface area contributed by atoms with Crippen LogP contribution in [-0.4, -0.2) is 17.4 Å². The van der Waals surface area contributed by atoms with Gasteiger partial charge in [-0.25, -0.2) is 4.99 Å². The Kier molecular flexibility index (Phi) is 6.61. The Bertz CT molecular complexity index is 1590. The molecule has 7 nitrogen and oxygen atoms in total. The Hall–Kier alpha value is -3.53. The van der Waals surface area contributed by atoms with Gasteiger partial charge in [0, 0.05) is 22.8 Å². The van der Waals surface area contributed by atoms with Crippen molar-refractivity contribution in [3.8, 4) is 16.9 Å². The van der Waals surface area contributed by atoms with E-state index in [4.69, 9.17) is 21.3 Å². The number of hydrogen-bond acceptors (Lipinski definition) is 7. The molecular formula is C27H22ClN3O4S2. The van der Waals surface area contributed by atoms with Crippen LogP contribution in [0.15, 0.2) is 71.7 Å². The number of para-hydroxylation sites is 1. The van der Waals surface area contributed by atoms with Crippen molar-refractivity contribution in [1.82, 2.24) is 0 Å². The number of anilines is 1. The minimum atomic E-state index is -0.757. The molecular weight excluding hydrogens is 530 g/mol. The van der Waals surface area contributed by atoms with Crippen LogP contribution in [-0.2, 0) is 5.54 Å². The molecule has 0 unspecified atom stereocenters. The Balaban J connectivity index is 1.73. The van der Waals surface area contributed by atoms with Crippen LogP contribution in [0.3, 0.4) is 0 Å². The van der Waals surface area contributed by atoms with Crippen LogP contribution in [0.1, 0.15) is 36.0 Å². The molecule has 0 fully saturated rings. The lowest BCUT2D eigenvalue weighted by atomic mass is 9.86. The van der Waals surface area contributed by atoms with E-state index in [1.165, 1.54) is 18.2 Å². The summed E-state index contributed by atoms with van der Waals surface area (Å²) in [5.41, 5.74) is 2.42. The number of carbonyl (C=O) groups excluding carboxylic acids is 1. The minimum absolute atomic E-state index is 0.0179. The van der Waals surface area contributed by atoms with Gasteiger partial charge in [-0.15, -0.1) is 0 Å². The molecule has 0 N–H and O–H groups in total. The minimum Gasteiger partial charge on any atom is -0.494 e. The molecule has 5 rings (SSSR count). The van der Waals surface area contributed by atoms with Gasteiger partial charge in [0.2, 0.25) is 0 Å². The van der Waals surface area contributed by atoms with Crippen LogP contribution in [0.25, 0.3) is 11.1 Å². The number of nitrogens with zero attached hydrogens (tertiary/aromatic N) is 3. The van der Waals surface area contributed by atoms with Crippen LogP contribution < -0.4 is 14.3 Å². The third kappa shape index (κ3) is 4.43. The first kappa shape index (κ1) is 25.1. The number of fused-ring (bicyclic) bond motifs is 3. The lowest BCUT2D eigenvalue weighted by Gasteiger charge is -2.43. The van der Waals surface area contributed by atoms with Crippen LogP contribution in [0.2, 0.25) is 5.02 Å². The topological polar surface area (TPSA) is 85.0 Å². The summed E-state index contributed by atoms with van der Waals surface area (Å²) in [6, 6.07) is 19.5. The summed E-state index contributed by atoms with van der Waals surface area (Å²) in [6.07, 6.45) is 0. The lowest BCUT2D eigenvalue weighted by molar-refractivity contribution is -0.384. The van der Waals surface area contributed by atoms with E-state index >= 15 is 0 Å². The highest BCUT2D eigenvalue weighted by atomic mass is 35.5. The molecule has 4 aromatic rings. The molecule has 0 radical (unpaired) electrons. The predicted molar refractivity (Wildman–Crippen MR) is 148 cm³/mol. The third-order valence-corrected chi connectivity index (χ3v) is 9.08. The quantitative estimate of drug-likeness (QED) is 0.145. The zero-order valence-corrected chi connectivity index (χ0v) is 22.6. The highest BCUT2D eigenvalue weighted by molar-refractivity contribution is 7.68. The number of nitro benzene ring substituents is 1. The first-order valence-corrected chi connectivity index (χ1v) is 14.0. The molecule has 37 heavy (non-hydrogen) atoms. The second-order valence-electron chi connectivity index (χ2n) is 8.86. The van der Waals surface area contributed by atoms with E-state index in [-0.39, 0.29) is 22.2 Å². The Labute approximate surface area is 225 Å². The number of amides is 1. The van der Waals surface area contributed by atoms with E-state index < -0.39 is 10.5 Å². The van der Waals surface area contributed by atoms with E-state index in [9.17, 15) is 14.9 Å². The van der Waals surface area contributed by atoms with Gasteiger partial charge in [-0.1, -0.05) is 50.5 Å². The summed E-state index contributed by atoms with van der Waals surface area (Å²) in [5, 5.41) is 11.5. The number of ether oxygens (including phenoxy) is 1. The zero-order valence-electron chi connectivity index (χ0n) is 20.2. The van der Waals surface area contributed by atoms with Gasteiger partial charge in [0.1, 0.15) is 15.4 Å². The Morgan fingerprint density at radius 1 is 1.11 bits per heavy atom. The number of carbonyl (C=O) groups is 1. The van der Waals surface area contributed by atoms with Gasteiger partial charge in [-0.2, -0.15) is 0 Å². The average Bonchev–Trinajstić information content (AvgIpc) is 3.30. The first-order valence-electron chi connectivity index (χ1n) is 11.5. The molecule has 0 bridgehead atoms. The molecule has 0 saturated carbocycles. The van der Waals surface area contributed by atoms with Crippen LogP contribution in [0.5, 0.6) is 5.75 Å². The monoisotopic (exact) mass is 551 g/mol. The van der Waals surface area contributed by atoms with Crippen molar-refractivity contribution in [2.45, 2.75) is 26.3 Å². The molecule has 0 spiro atoms. The summed E-state index contributed by atoms with van der Waals surface area (Å²) in [5.74, 6) is 0.323. The van der Waals surface area contributed by atoms with Gasteiger partial charge in [-0.3, -0.25) is 19.8 Å². The van der Waals surface area contributed by atoms with Gasteiger partial charge in [-0.05, 0) is 63.2 Å². The van der Waals surface area contributed by atoms with Crippen molar-refractivity contribution in [3.05, 3.63) is 97.0 Å². The number of benzene rings is 3. The largest absolute Gasteiger partial charge is 0.494 e. The fourth-order valence-electron chi connectivity index (χ4n) is 4.45. The number of nitro groups is 1. The molecule has 3 aromatic carbocycles. The summed E-state index contributed by atoms with van der Waals surface area (Å²) >= 11 is 6.01. The molecule has 1 aliphatic heterocycles. The summed E-state index contributed by atoms with van der Waals surface area (Å²) in [7, 11) is 3.12. The van der Waals surface area contributed by atoms with Crippen molar-refractivity contribution < 1.29 is 14.5 Å². The van der Waals surface area contributed by atoms with Gasteiger partial charge in [0.15, 0.2) is 0 Å². The number of rotatable bonds is 5. The van der Waals surface area contributed by atoms with Crippen molar-refractivity contribution in [3.63, 3.8) is 0 Å². The Morgan fingerprint density at radius 2 is 1.86 bits per heavy atom. The van der Waals surface area contributed by atoms with Gasteiger partial charge < -0.3 is 4.74 Å². The standard InChI is InChI=1S/C27H22ClN3O4S2/c1-4-35-18-11-13-21-19(15-18)23-24(36-37-25(23)29-17-8-6-5-7-9-17)27(2,3)30(21)26(32)16-10-12-20(28)22(14-16)31(33)34/h5-15H,4H2,1-3H3. The molecule has 2 heterocycles. The summed E-state index contributed by atoms with van der Waals surface area (Å²) in [4.78, 5) is 32.5. The maximum Gasteiger partial charge on any atom is 0.288 e. The summed E-state index contributed by atoms with van der Waals surface area (Å²) in [6.45, 7) is 6.37. The van der Waals surface area contributed by atoms with Gasteiger partial charge in [0.25, 0.3) is 11.6 Å². The van der Waals surface area contributed by atoms with E-state index in [0.717, 1.165) is 26.4 Å².